The molecule has 0 saturated carbocycles. The molecule has 3 heterocycles. The average Bonchev–Trinajstić information content (AvgIpc) is 2.59. The molecule has 6 nitrogen and oxygen atoms in total. The highest BCUT2D eigenvalue weighted by atomic mass is 32.2. The summed E-state index contributed by atoms with van der Waals surface area (Å²) in [6, 6.07) is 7.86. The van der Waals surface area contributed by atoms with Crippen molar-refractivity contribution < 1.29 is 13.2 Å². The van der Waals surface area contributed by atoms with Gasteiger partial charge in [0.25, 0.3) is 5.91 Å². The number of benzene rings is 1. The predicted octanol–water partition coefficient (Wildman–Crippen LogP) is 1.39. The number of nitrogens with one attached hydrogen (secondary N) is 2. The molecule has 3 aliphatic heterocycles. The molecule has 1 aromatic carbocycles. The van der Waals surface area contributed by atoms with E-state index in [1.165, 1.54) is 0 Å². The van der Waals surface area contributed by atoms with Crippen molar-refractivity contribution in [2.75, 3.05) is 41.4 Å². The van der Waals surface area contributed by atoms with Gasteiger partial charge in [-0.1, -0.05) is 12.1 Å². The second-order valence-electron chi connectivity index (χ2n) is 7.51. The summed E-state index contributed by atoms with van der Waals surface area (Å²) >= 11 is 0. The molecule has 0 radical (unpaired) electrons. The fourth-order valence-electron chi connectivity index (χ4n) is 4.39. The van der Waals surface area contributed by atoms with Crippen LogP contribution in [0.3, 0.4) is 0 Å². The monoisotopic (exact) mass is 363 g/mol. The van der Waals surface area contributed by atoms with E-state index in [-0.39, 0.29) is 23.3 Å². The summed E-state index contributed by atoms with van der Waals surface area (Å²) in [4.78, 5) is 15.2. The van der Waals surface area contributed by atoms with Gasteiger partial charge < -0.3 is 15.5 Å². The third kappa shape index (κ3) is 3.15. The summed E-state index contributed by atoms with van der Waals surface area (Å²) in [6.45, 7) is 2.12. The van der Waals surface area contributed by atoms with E-state index in [2.05, 4.69) is 10.6 Å². The molecule has 0 aliphatic carbocycles. The number of carbonyl (C=O) groups is 1. The fourth-order valence-corrected chi connectivity index (χ4v) is 6.15. The van der Waals surface area contributed by atoms with E-state index < -0.39 is 15.4 Å². The molecule has 7 heteroatoms. The Morgan fingerprint density at radius 3 is 2.72 bits per heavy atom. The minimum atomic E-state index is -2.97. The van der Waals surface area contributed by atoms with Crippen LogP contribution in [0.15, 0.2) is 24.3 Å². The number of anilines is 2. The molecule has 4 rings (SSSR count). The van der Waals surface area contributed by atoms with Crippen LogP contribution >= 0.6 is 0 Å². The van der Waals surface area contributed by atoms with Gasteiger partial charge in [0.2, 0.25) is 0 Å². The summed E-state index contributed by atoms with van der Waals surface area (Å²) < 4.78 is 24.0. The van der Waals surface area contributed by atoms with Crippen LogP contribution in [0.4, 0.5) is 11.4 Å². The van der Waals surface area contributed by atoms with E-state index in [9.17, 15) is 13.2 Å². The van der Waals surface area contributed by atoms with Crippen LogP contribution in [0.5, 0.6) is 0 Å². The van der Waals surface area contributed by atoms with E-state index >= 15 is 0 Å². The lowest BCUT2D eigenvalue weighted by molar-refractivity contribution is -0.124. The van der Waals surface area contributed by atoms with Gasteiger partial charge in [0.1, 0.15) is 5.54 Å². The van der Waals surface area contributed by atoms with Gasteiger partial charge in [-0.2, -0.15) is 0 Å². The zero-order valence-electron chi connectivity index (χ0n) is 14.3. The van der Waals surface area contributed by atoms with Crippen molar-refractivity contribution in [1.82, 2.24) is 5.32 Å². The van der Waals surface area contributed by atoms with Gasteiger partial charge in [-0.3, -0.25) is 4.79 Å². The van der Waals surface area contributed by atoms with Crippen molar-refractivity contribution in [3.63, 3.8) is 0 Å². The highest BCUT2D eigenvalue weighted by molar-refractivity contribution is 7.91. The first-order valence-electron chi connectivity index (χ1n) is 9.09. The number of fused-ring (bicyclic) bond motifs is 1. The summed E-state index contributed by atoms with van der Waals surface area (Å²) in [5, 5.41) is 6.81. The number of carbonyl (C=O) groups excluding carboxylic acids is 1. The third-order valence-electron chi connectivity index (χ3n) is 5.68. The molecule has 1 unspecified atom stereocenters. The van der Waals surface area contributed by atoms with Crippen molar-refractivity contribution >= 4 is 27.1 Å². The molecule has 2 saturated heterocycles. The fraction of sp³-hybridized carbons (Fsp3) is 0.611. The molecule has 2 N–H and O–H groups in total. The van der Waals surface area contributed by atoms with Gasteiger partial charge in [-0.25, -0.2) is 8.42 Å². The number of sulfone groups is 1. The summed E-state index contributed by atoms with van der Waals surface area (Å²) in [5.41, 5.74) is 1.29. The second-order valence-corrected chi connectivity index (χ2v) is 9.74. The molecule has 1 amide bonds. The van der Waals surface area contributed by atoms with Gasteiger partial charge in [0.15, 0.2) is 9.84 Å². The molecule has 0 aromatic heterocycles. The molecule has 25 heavy (non-hydrogen) atoms. The van der Waals surface area contributed by atoms with E-state index in [1.54, 1.807) is 0 Å². The molecular formula is C18H25N3O3S. The third-order valence-corrected chi connectivity index (χ3v) is 7.57. The highest BCUT2D eigenvalue weighted by Gasteiger charge is 2.47. The Labute approximate surface area is 148 Å². The smallest absolute Gasteiger partial charge is 0.252 e. The molecule has 1 aromatic rings. The molecule has 2 fully saturated rings. The molecular weight excluding hydrogens is 338 g/mol. The normalized spacial score (nSPS) is 27.6. The maximum absolute atomic E-state index is 13.4. The van der Waals surface area contributed by atoms with E-state index in [4.69, 9.17) is 0 Å². The largest absolute Gasteiger partial charge is 0.369 e. The highest BCUT2D eigenvalue weighted by Crippen LogP contribution is 2.39. The standard InChI is InChI=1S/C18H25N3O3S/c22-17-18(7-9-19-10-8-18)20-15-5-1-2-6-16(15)21(17)12-14-4-3-11-25(23,24)13-14/h1-2,5-6,14,19-20H,3-4,7-13H2. The van der Waals surface area contributed by atoms with Crippen LogP contribution in [-0.2, 0) is 14.6 Å². The first-order chi connectivity index (χ1) is 12.0. The van der Waals surface area contributed by atoms with Crippen LogP contribution in [0.25, 0.3) is 0 Å². The van der Waals surface area contributed by atoms with Gasteiger partial charge >= 0.3 is 0 Å². The van der Waals surface area contributed by atoms with E-state index in [1.807, 2.05) is 29.2 Å². The molecule has 136 valence electrons. The van der Waals surface area contributed by atoms with E-state index in [0.717, 1.165) is 43.7 Å². The average molecular weight is 363 g/mol. The second kappa shape index (κ2) is 6.29. The van der Waals surface area contributed by atoms with Crippen molar-refractivity contribution in [3.05, 3.63) is 24.3 Å². The minimum Gasteiger partial charge on any atom is -0.369 e. The number of nitrogens with zero attached hydrogens (tertiary/aromatic N) is 1. The summed E-state index contributed by atoms with van der Waals surface area (Å²) in [7, 11) is -2.97. The maximum Gasteiger partial charge on any atom is 0.252 e. The Hall–Kier alpha value is -1.60. The Kier molecular flexibility index (Phi) is 4.24. The van der Waals surface area contributed by atoms with Crippen LogP contribution in [0.2, 0.25) is 0 Å². The summed E-state index contributed by atoms with van der Waals surface area (Å²) in [6.07, 6.45) is 3.07. The number of para-hydroxylation sites is 2. The lowest BCUT2D eigenvalue weighted by Crippen LogP contribution is -2.62. The minimum absolute atomic E-state index is 0.0209. The quantitative estimate of drug-likeness (QED) is 0.830. The van der Waals surface area contributed by atoms with Crippen molar-refractivity contribution in [1.29, 1.82) is 0 Å². The van der Waals surface area contributed by atoms with E-state index in [0.29, 0.717) is 13.0 Å². The molecule has 3 aliphatic rings. The number of amides is 1. The topological polar surface area (TPSA) is 78.5 Å². The van der Waals surface area contributed by atoms with Crippen LogP contribution < -0.4 is 15.5 Å². The lowest BCUT2D eigenvalue weighted by Gasteiger charge is -2.46. The van der Waals surface area contributed by atoms with Crippen LogP contribution in [0, 0.1) is 5.92 Å². The number of hydrogen-bond acceptors (Lipinski definition) is 5. The maximum atomic E-state index is 13.4. The number of piperidine rings is 1. The lowest BCUT2D eigenvalue weighted by atomic mass is 9.84. The zero-order chi connectivity index (χ0) is 17.5. The molecule has 1 spiro atoms. The number of hydrogen-bond donors (Lipinski definition) is 2. The van der Waals surface area contributed by atoms with Gasteiger partial charge in [-0.05, 0) is 56.8 Å². The number of rotatable bonds is 2. The van der Waals surface area contributed by atoms with Crippen molar-refractivity contribution in [2.45, 2.75) is 31.2 Å². The Morgan fingerprint density at radius 2 is 1.96 bits per heavy atom. The zero-order valence-corrected chi connectivity index (χ0v) is 15.1. The van der Waals surface area contributed by atoms with Crippen molar-refractivity contribution in [2.24, 2.45) is 5.92 Å². The van der Waals surface area contributed by atoms with Gasteiger partial charge in [0.05, 0.1) is 22.9 Å². The van der Waals surface area contributed by atoms with Crippen LogP contribution in [0.1, 0.15) is 25.7 Å². The van der Waals surface area contributed by atoms with Crippen molar-refractivity contribution in [3.8, 4) is 0 Å². The first kappa shape index (κ1) is 16.8. The van der Waals surface area contributed by atoms with Crippen LogP contribution in [-0.4, -0.2) is 51.0 Å². The molecule has 1 atom stereocenters. The Morgan fingerprint density at radius 1 is 1.20 bits per heavy atom. The SMILES string of the molecule is O=C1N(CC2CCCS(=O)(=O)C2)c2ccccc2NC12CCNCC2. The molecule has 0 bridgehead atoms. The van der Waals surface area contributed by atoms with Gasteiger partial charge in [-0.15, -0.1) is 0 Å². The Balaban J connectivity index is 1.66. The predicted molar refractivity (Wildman–Crippen MR) is 98.6 cm³/mol. The summed E-state index contributed by atoms with van der Waals surface area (Å²) in [5.74, 6) is 0.592. The van der Waals surface area contributed by atoms with Gasteiger partial charge in [0, 0.05) is 6.54 Å². The first-order valence-corrected chi connectivity index (χ1v) is 10.9. The Bertz CT molecular complexity index is 772.